The molecule has 0 saturated heterocycles. The van der Waals surface area contributed by atoms with E-state index in [4.69, 9.17) is 27.4 Å². The van der Waals surface area contributed by atoms with Crippen LogP contribution in [0.15, 0.2) is 111 Å². The first-order valence-corrected chi connectivity index (χ1v) is 14.6. The van der Waals surface area contributed by atoms with E-state index in [1.54, 1.807) is 55.5 Å². The van der Waals surface area contributed by atoms with Crippen LogP contribution in [0.25, 0.3) is 22.1 Å². The maximum atomic E-state index is 10.6. The number of hydrogen-bond donors (Lipinski definition) is 8. The van der Waals surface area contributed by atoms with Crippen LogP contribution in [-0.4, -0.2) is 90.0 Å². The molecule has 11 N–H and O–H groups in total. The first-order valence-electron chi connectivity index (χ1n) is 14.6. The Morgan fingerprint density at radius 2 is 1.44 bits per heavy atom. The minimum Gasteiger partial charge on any atom is -0.480 e. The third kappa shape index (κ3) is 13.1. The molecule has 0 bridgehead atoms. The zero-order valence-electron chi connectivity index (χ0n) is 26.4. The zero-order valence-corrected chi connectivity index (χ0v) is 26.4. The Morgan fingerprint density at radius 3 is 2.00 bits per heavy atom. The van der Waals surface area contributed by atoms with E-state index in [-0.39, 0.29) is 6.42 Å². The summed E-state index contributed by atoms with van der Waals surface area (Å²) in [5, 5.41) is 18.2. The van der Waals surface area contributed by atoms with Gasteiger partial charge in [-0.1, -0.05) is 18.2 Å². The van der Waals surface area contributed by atoms with Gasteiger partial charge in [-0.05, 0) is 29.8 Å². The standard InChI is InChI=1S/C11H12N2O2.C6H9N3O2.C6H6N2O.C5H4N4.C4H4N2/c12-9(11(14)15)5-7-6-13-10-4-2-1-3-8(7)10;7-5(6(10)11)1-4-2-8-3-9-4;7-6(9)5-2-1-3-8-4-5;1-4-5(8-2-6-1)9-3-7-4;1-2-5-4-6-3-1/h1-4,6,9,13H,5,12H2,(H,14,15);2-3,5H,1,7H2,(H,8,9)(H,10,11);1-4H,(H2,7,9);1-3H,(H,6,7,8,9);1-4H. The van der Waals surface area contributed by atoms with Gasteiger partial charge in [-0.25, -0.2) is 29.9 Å². The number of carbonyl (C=O) groups is 3. The van der Waals surface area contributed by atoms with Crippen LogP contribution in [0.2, 0.25) is 0 Å². The van der Waals surface area contributed by atoms with Gasteiger partial charge in [-0.15, -0.1) is 0 Å². The van der Waals surface area contributed by atoms with E-state index >= 15 is 0 Å². The highest BCUT2D eigenvalue weighted by molar-refractivity contribution is 5.92. The van der Waals surface area contributed by atoms with E-state index in [9.17, 15) is 14.4 Å². The quantitative estimate of drug-likeness (QED) is 0.118. The van der Waals surface area contributed by atoms with Gasteiger partial charge in [0.05, 0.1) is 30.1 Å². The van der Waals surface area contributed by atoms with Gasteiger partial charge in [0, 0.05) is 60.9 Å². The molecule has 0 spiro atoms. The second-order valence-corrected chi connectivity index (χ2v) is 9.89. The van der Waals surface area contributed by atoms with Crippen molar-refractivity contribution in [1.29, 1.82) is 0 Å². The summed E-state index contributed by atoms with van der Waals surface area (Å²) in [6.45, 7) is 0. The number of aromatic amines is 3. The molecule has 1 amide bonds. The van der Waals surface area contributed by atoms with Crippen molar-refractivity contribution in [3.8, 4) is 0 Å². The lowest BCUT2D eigenvalue weighted by Gasteiger charge is -2.04. The molecule has 0 radical (unpaired) electrons. The van der Waals surface area contributed by atoms with Gasteiger partial charge in [0.15, 0.2) is 5.65 Å². The zero-order chi connectivity index (χ0) is 36.1. The molecule has 2 unspecified atom stereocenters. The molecule has 0 saturated carbocycles. The van der Waals surface area contributed by atoms with Gasteiger partial charge < -0.3 is 42.4 Å². The number of pyridine rings is 1. The van der Waals surface area contributed by atoms with Crippen molar-refractivity contribution in [3.63, 3.8) is 0 Å². The lowest BCUT2D eigenvalue weighted by atomic mass is 10.1. The summed E-state index contributed by atoms with van der Waals surface area (Å²) in [6.07, 6.45) is 18.2. The van der Waals surface area contributed by atoms with Crippen LogP contribution in [0.3, 0.4) is 0 Å². The number of benzene rings is 1. The Hall–Kier alpha value is -6.92. The lowest BCUT2D eigenvalue weighted by Crippen LogP contribution is -2.32. The fraction of sp³-hybridized carbons (Fsp3) is 0.125. The Kier molecular flexibility index (Phi) is 15.3. The van der Waals surface area contributed by atoms with E-state index in [0.29, 0.717) is 17.7 Å². The summed E-state index contributed by atoms with van der Waals surface area (Å²) in [6, 6.07) is 11.1. The molecule has 0 aliphatic carbocycles. The van der Waals surface area contributed by atoms with Crippen LogP contribution in [-0.2, 0) is 22.4 Å². The van der Waals surface area contributed by atoms with E-state index in [2.05, 4.69) is 49.8 Å². The summed E-state index contributed by atoms with van der Waals surface area (Å²) in [5.74, 6) is -2.42. The number of carboxylic acid groups (broad SMARTS) is 2. The summed E-state index contributed by atoms with van der Waals surface area (Å²) in [5.41, 5.74) is 20.3. The van der Waals surface area contributed by atoms with Crippen molar-refractivity contribution in [1.82, 2.24) is 49.8 Å². The topological polar surface area (TPSA) is 307 Å². The molecule has 7 rings (SSSR count). The Labute approximate surface area is 284 Å². The van der Waals surface area contributed by atoms with Crippen molar-refractivity contribution in [2.75, 3.05) is 0 Å². The number of imidazole rings is 2. The second-order valence-electron chi connectivity index (χ2n) is 9.89. The van der Waals surface area contributed by atoms with Gasteiger partial charge in [0.1, 0.15) is 30.3 Å². The third-order valence-corrected chi connectivity index (χ3v) is 6.25. The number of rotatable bonds is 7. The van der Waals surface area contributed by atoms with Crippen molar-refractivity contribution in [2.45, 2.75) is 24.9 Å². The predicted molar refractivity (Wildman–Crippen MR) is 182 cm³/mol. The number of carboxylic acids is 2. The second kappa shape index (κ2) is 20.3. The number of H-pyrrole nitrogens is 3. The Balaban J connectivity index is 0.000000174. The fourth-order valence-corrected chi connectivity index (χ4v) is 3.79. The molecule has 18 nitrogen and oxygen atoms in total. The fourth-order valence-electron chi connectivity index (χ4n) is 3.79. The van der Waals surface area contributed by atoms with Gasteiger partial charge in [-0.3, -0.25) is 19.4 Å². The summed E-state index contributed by atoms with van der Waals surface area (Å²) >= 11 is 0. The van der Waals surface area contributed by atoms with Crippen molar-refractivity contribution < 1.29 is 24.6 Å². The predicted octanol–water partition coefficient (Wildman–Crippen LogP) is 1.50. The van der Waals surface area contributed by atoms with Crippen LogP contribution in [0.1, 0.15) is 21.6 Å². The number of fused-ring (bicyclic) bond motifs is 2. The minimum absolute atomic E-state index is 0.263. The molecular weight excluding hydrogens is 646 g/mol. The lowest BCUT2D eigenvalue weighted by molar-refractivity contribution is -0.139. The maximum Gasteiger partial charge on any atom is 0.320 e. The van der Waals surface area contributed by atoms with E-state index in [1.165, 1.54) is 25.2 Å². The third-order valence-electron chi connectivity index (χ3n) is 6.25. The van der Waals surface area contributed by atoms with Gasteiger partial charge in [-0.2, -0.15) is 0 Å². The molecule has 0 fully saturated rings. The van der Waals surface area contributed by atoms with E-state index in [0.717, 1.165) is 27.6 Å². The minimum atomic E-state index is -1.01. The number of amides is 1. The van der Waals surface area contributed by atoms with Gasteiger partial charge >= 0.3 is 11.9 Å². The van der Waals surface area contributed by atoms with Crippen LogP contribution >= 0.6 is 0 Å². The number of aromatic nitrogens is 10. The van der Waals surface area contributed by atoms with Crippen LogP contribution in [0.4, 0.5) is 0 Å². The van der Waals surface area contributed by atoms with Crippen molar-refractivity contribution >= 4 is 39.9 Å². The SMILES string of the molecule is NC(=O)c1cccnc1.NC(Cc1c[nH]c2ccccc12)C(=O)O.NC(Cc1c[nH]cn1)C(=O)O.c1cncnc1.c1ncc2nc[nH]c2n1. The summed E-state index contributed by atoms with van der Waals surface area (Å²) < 4.78 is 0. The molecule has 2 atom stereocenters. The first kappa shape index (κ1) is 37.5. The van der Waals surface area contributed by atoms with Crippen molar-refractivity contribution in [2.24, 2.45) is 17.2 Å². The van der Waals surface area contributed by atoms with Gasteiger partial charge in [0.2, 0.25) is 5.91 Å². The largest absolute Gasteiger partial charge is 0.480 e. The molecule has 0 aliphatic rings. The molecule has 1 aromatic carbocycles. The van der Waals surface area contributed by atoms with Crippen LogP contribution < -0.4 is 17.2 Å². The number of nitrogens with zero attached hydrogens (tertiary/aromatic N) is 7. The van der Waals surface area contributed by atoms with E-state index in [1.807, 2.05) is 30.5 Å². The smallest absolute Gasteiger partial charge is 0.320 e. The number of para-hydroxylation sites is 1. The molecule has 258 valence electrons. The molecular formula is C32H35N13O5. The van der Waals surface area contributed by atoms with Crippen LogP contribution in [0, 0.1) is 0 Å². The summed E-state index contributed by atoms with van der Waals surface area (Å²) in [7, 11) is 0. The Bertz CT molecular complexity index is 1950. The number of aliphatic carboxylic acids is 2. The summed E-state index contributed by atoms with van der Waals surface area (Å²) in [4.78, 5) is 66.5. The van der Waals surface area contributed by atoms with Gasteiger partial charge in [0.25, 0.3) is 0 Å². The van der Waals surface area contributed by atoms with Crippen molar-refractivity contribution in [3.05, 3.63) is 128 Å². The number of nitrogens with one attached hydrogen (secondary N) is 3. The number of primary amides is 1. The highest BCUT2D eigenvalue weighted by Crippen LogP contribution is 2.18. The number of carbonyl (C=O) groups excluding carboxylic acids is 1. The monoisotopic (exact) mass is 681 g/mol. The average Bonchev–Trinajstić information content (AvgIpc) is 3.93. The highest BCUT2D eigenvalue weighted by atomic mass is 16.4. The molecule has 18 heteroatoms. The molecule has 0 aliphatic heterocycles. The average molecular weight is 682 g/mol. The molecule has 50 heavy (non-hydrogen) atoms. The number of hydrogen-bond acceptors (Lipinski definition) is 12. The molecule has 6 aromatic heterocycles. The Morgan fingerprint density at radius 1 is 0.720 bits per heavy atom. The number of nitrogens with two attached hydrogens (primary N) is 3. The molecule has 7 aromatic rings. The van der Waals surface area contributed by atoms with Crippen LogP contribution in [0.5, 0.6) is 0 Å². The maximum absolute atomic E-state index is 10.6. The highest BCUT2D eigenvalue weighted by Gasteiger charge is 2.14. The molecule has 6 heterocycles. The normalized spacial score (nSPS) is 11.1. The first-order chi connectivity index (χ1) is 24.2. The van der Waals surface area contributed by atoms with E-state index < -0.39 is 29.9 Å².